The van der Waals surface area contributed by atoms with Crippen molar-refractivity contribution in [2.75, 3.05) is 0 Å². The maximum atomic E-state index is 10.8. The van der Waals surface area contributed by atoms with Crippen molar-refractivity contribution >= 4 is 33.7 Å². The SMILES string of the molecule is O=C(Cl)[C@@H]1CCC[C@@H](C(=O)Cl)C1. The molecule has 1 aliphatic carbocycles. The Morgan fingerprint density at radius 1 is 1.00 bits per heavy atom. The summed E-state index contributed by atoms with van der Waals surface area (Å²) in [4.78, 5) is 21.6. The van der Waals surface area contributed by atoms with Crippen LogP contribution in [-0.4, -0.2) is 10.5 Å². The Morgan fingerprint density at radius 2 is 1.42 bits per heavy atom. The highest BCUT2D eigenvalue weighted by atomic mass is 35.5. The molecule has 0 aliphatic heterocycles. The van der Waals surface area contributed by atoms with Crippen LogP contribution in [0.25, 0.3) is 0 Å². The number of halogens is 2. The van der Waals surface area contributed by atoms with Crippen molar-refractivity contribution in [1.29, 1.82) is 0 Å². The first-order valence-electron chi connectivity index (χ1n) is 4.00. The van der Waals surface area contributed by atoms with E-state index in [1.54, 1.807) is 0 Å². The second-order valence-corrected chi connectivity index (χ2v) is 3.91. The number of carbonyl (C=O) groups is 2. The molecule has 0 radical (unpaired) electrons. The van der Waals surface area contributed by atoms with Crippen LogP contribution in [0.2, 0.25) is 0 Å². The minimum atomic E-state index is -0.336. The summed E-state index contributed by atoms with van der Waals surface area (Å²) in [5.41, 5.74) is 0. The van der Waals surface area contributed by atoms with Crippen LogP contribution in [0.1, 0.15) is 25.7 Å². The zero-order chi connectivity index (χ0) is 9.14. The predicted molar refractivity (Wildman–Crippen MR) is 47.2 cm³/mol. The number of carbonyl (C=O) groups excluding carboxylic acids is 2. The van der Waals surface area contributed by atoms with Crippen molar-refractivity contribution in [3.8, 4) is 0 Å². The predicted octanol–water partition coefficient (Wildman–Crippen LogP) is 2.32. The number of hydrogen-bond acceptors (Lipinski definition) is 2. The zero-order valence-corrected chi connectivity index (χ0v) is 8.07. The van der Waals surface area contributed by atoms with Crippen molar-refractivity contribution in [2.45, 2.75) is 25.7 Å². The van der Waals surface area contributed by atoms with Crippen LogP contribution in [0.3, 0.4) is 0 Å². The molecule has 0 saturated heterocycles. The Bertz CT molecular complexity index is 183. The molecule has 0 aromatic carbocycles. The lowest BCUT2D eigenvalue weighted by Crippen LogP contribution is -2.23. The molecule has 0 heterocycles. The van der Waals surface area contributed by atoms with Crippen LogP contribution >= 0.6 is 23.2 Å². The monoisotopic (exact) mass is 208 g/mol. The molecular weight excluding hydrogens is 199 g/mol. The molecule has 0 N–H and O–H groups in total. The Balaban J connectivity index is 2.51. The van der Waals surface area contributed by atoms with Gasteiger partial charge in [-0.2, -0.15) is 0 Å². The van der Waals surface area contributed by atoms with Crippen LogP contribution < -0.4 is 0 Å². The summed E-state index contributed by atoms with van der Waals surface area (Å²) in [5, 5.41) is -0.671. The Labute approximate surface area is 81.2 Å². The van der Waals surface area contributed by atoms with Crippen molar-refractivity contribution in [3.63, 3.8) is 0 Å². The smallest absolute Gasteiger partial charge is 0.224 e. The molecule has 1 rings (SSSR count). The average molecular weight is 209 g/mol. The molecule has 0 bridgehead atoms. The van der Waals surface area contributed by atoms with Gasteiger partial charge in [0.2, 0.25) is 10.5 Å². The van der Waals surface area contributed by atoms with Gasteiger partial charge in [-0.1, -0.05) is 6.42 Å². The van der Waals surface area contributed by atoms with E-state index in [2.05, 4.69) is 0 Å². The molecular formula is C8H10Cl2O2. The van der Waals surface area contributed by atoms with Crippen LogP contribution in [0.5, 0.6) is 0 Å². The van der Waals surface area contributed by atoms with E-state index in [0.717, 1.165) is 19.3 Å². The third-order valence-corrected chi connectivity index (χ3v) is 2.93. The van der Waals surface area contributed by atoms with Crippen LogP contribution in [0.4, 0.5) is 0 Å². The zero-order valence-electron chi connectivity index (χ0n) is 6.56. The van der Waals surface area contributed by atoms with Crippen molar-refractivity contribution < 1.29 is 9.59 Å². The van der Waals surface area contributed by atoms with Crippen LogP contribution in [0, 0.1) is 11.8 Å². The Kier molecular flexibility index (Phi) is 3.53. The summed E-state index contributed by atoms with van der Waals surface area (Å²) in [7, 11) is 0. The van der Waals surface area contributed by atoms with Crippen LogP contribution in [0.15, 0.2) is 0 Å². The summed E-state index contributed by atoms with van der Waals surface area (Å²) in [6.45, 7) is 0. The number of hydrogen-bond donors (Lipinski definition) is 0. The van der Waals surface area contributed by atoms with Gasteiger partial charge in [0.15, 0.2) is 0 Å². The van der Waals surface area contributed by atoms with Crippen molar-refractivity contribution in [2.24, 2.45) is 11.8 Å². The molecule has 2 atom stereocenters. The highest BCUT2D eigenvalue weighted by Crippen LogP contribution is 2.31. The molecule has 12 heavy (non-hydrogen) atoms. The Morgan fingerprint density at radius 3 is 1.75 bits per heavy atom. The maximum absolute atomic E-state index is 10.8. The number of rotatable bonds is 2. The maximum Gasteiger partial charge on any atom is 0.224 e. The molecule has 0 spiro atoms. The lowest BCUT2D eigenvalue weighted by molar-refractivity contribution is -0.119. The van der Waals surface area contributed by atoms with E-state index in [0.29, 0.717) is 6.42 Å². The minimum Gasteiger partial charge on any atom is -0.281 e. The minimum absolute atomic E-state index is 0.159. The first-order chi connectivity index (χ1) is 5.61. The Hall–Kier alpha value is -0.0800. The van der Waals surface area contributed by atoms with Gasteiger partial charge in [-0.15, -0.1) is 0 Å². The summed E-state index contributed by atoms with van der Waals surface area (Å²) >= 11 is 10.7. The molecule has 0 unspecified atom stereocenters. The third-order valence-electron chi connectivity index (χ3n) is 2.32. The second-order valence-electron chi connectivity index (χ2n) is 3.17. The molecule has 2 nitrogen and oxygen atoms in total. The van der Waals surface area contributed by atoms with Crippen molar-refractivity contribution in [3.05, 3.63) is 0 Å². The van der Waals surface area contributed by atoms with Crippen LogP contribution in [-0.2, 0) is 9.59 Å². The fourth-order valence-electron chi connectivity index (χ4n) is 1.60. The summed E-state index contributed by atoms with van der Waals surface area (Å²) in [6.07, 6.45) is 2.99. The van der Waals surface area contributed by atoms with Gasteiger partial charge >= 0.3 is 0 Å². The molecule has 0 amide bonds. The molecule has 0 aromatic heterocycles. The molecule has 4 heteroatoms. The van der Waals surface area contributed by atoms with E-state index >= 15 is 0 Å². The van der Waals surface area contributed by atoms with E-state index in [1.807, 2.05) is 0 Å². The quantitative estimate of drug-likeness (QED) is 0.654. The normalized spacial score (nSPS) is 29.8. The topological polar surface area (TPSA) is 34.1 Å². The average Bonchev–Trinajstić information content (AvgIpc) is 2.04. The van der Waals surface area contributed by atoms with Gasteiger partial charge < -0.3 is 0 Å². The van der Waals surface area contributed by atoms with Gasteiger partial charge in [-0.25, -0.2) is 0 Å². The molecule has 1 fully saturated rings. The van der Waals surface area contributed by atoms with Gasteiger partial charge in [0.05, 0.1) is 0 Å². The summed E-state index contributed by atoms with van der Waals surface area (Å²) < 4.78 is 0. The fourth-order valence-corrected chi connectivity index (χ4v) is 2.00. The van der Waals surface area contributed by atoms with E-state index in [9.17, 15) is 9.59 Å². The molecule has 0 aromatic rings. The molecule has 68 valence electrons. The lowest BCUT2D eigenvalue weighted by atomic mass is 9.83. The van der Waals surface area contributed by atoms with Gasteiger partial charge in [0.1, 0.15) is 0 Å². The highest BCUT2D eigenvalue weighted by Gasteiger charge is 2.29. The fraction of sp³-hybridized carbons (Fsp3) is 0.750. The molecule has 1 saturated carbocycles. The van der Waals surface area contributed by atoms with Gasteiger partial charge in [-0.05, 0) is 42.5 Å². The highest BCUT2D eigenvalue weighted by molar-refractivity contribution is 6.64. The third kappa shape index (κ3) is 2.46. The lowest BCUT2D eigenvalue weighted by Gasteiger charge is -2.23. The summed E-state index contributed by atoms with van der Waals surface area (Å²) in [6, 6.07) is 0. The first kappa shape index (κ1) is 10.0. The van der Waals surface area contributed by atoms with E-state index < -0.39 is 0 Å². The second kappa shape index (κ2) is 4.24. The first-order valence-corrected chi connectivity index (χ1v) is 4.75. The van der Waals surface area contributed by atoms with Crippen molar-refractivity contribution in [1.82, 2.24) is 0 Å². The van der Waals surface area contributed by atoms with E-state index in [4.69, 9.17) is 23.2 Å². The standard InChI is InChI=1S/C8H10Cl2O2/c9-7(11)5-2-1-3-6(4-5)8(10)12/h5-6H,1-4H2/t5-,6-/m1/s1. The van der Waals surface area contributed by atoms with Gasteiger partial charge in [-0.3, -0.25) is 9.59 Å². The van der Waals surface area contributed by atoms with Gasteiger partial charge in [0.25, 0.3) is 0 Å². The van der Waals surface area contributed by atoms with Gasteiger partial charge in [0, 0.05) is 11.8 Å². The largest absolute Gasteiger partial charge is 0.281 e. The van der Waals surface area contributed by atoms with E-state index in [-0.39, 0.29) is 22.3 Å². The summed E-state index contributed by atoms with van der Waals surface area (Å²) in [5.74, 6) is -0.318. The molecule has 1 aliphatic rings. The van der Waals surface area contributed by atoms with E-state index in [1.165, 1.54) is 0 Å².